The predicted octanol–water partition coefficient (Wildman–Crippen LogP) is 3.59. The number of benzene rings is 1. The number of hydrogen-bond donors (Lipinski definition) is 1. The first-order valence-electron chi connectivity index (χ1n) is 5.61. The minimum absolute atomic E-state index is 0.0929. The number of ether oxygens (including phenoxy) is 1. The van der Waals surface area contributed by atoms with Crippen LogP contribution in [0.3, 0.4) is 0 Å². The fourth-order valence-corrected chi connectivity index (χ4v) is 2.09. The average molecular weight is 301 g/mol. The summed E-state index contributed by atoms with van der Waals surface area (Å²) in [5, 5.41) is 5.92. The van der Waals surface area contributed by atoms with Crippen molar-refractivity contribution in [1.82, 2.24) is 5.32 Å². The Morgan fingerprint density at radius 2 is 1.95 bits per heavy atom. The minimum atomic E-state index is -1.27. The molecule has 7 heteroatoms. The van der Waals surface area contributed by atoms with Crippen molar-refractivity contribution in [2.45, 2.75) is 13.2 Å². The Morgan fingerprint density at radius 1 is 1.20 bits per heavy atom. The van der Waals surface area contributed by atoms with Crippen LogP contribution in [-0.2, 0) is 17.9 Å². The topological polar surface area (TPSA) is 38.3 Å². The number of hydrogen-bond acceptors (Lipinski definition) is 3. The van der Waals surface area contributed by atoms with Gasteiger partial charge in [0.1, 0.15) is 12.4 Å². The van der Waals surface area contributed by atoms with Crippen LogP contribution in [0, 0.1) is 17.5 Å². The van der Waals surface area contributed by atoms with E-state index in [4.69, 9.17) is 4.74 Å². The van der Waals surface area contributed by atoms with Crippen molar-refractivity contribution in [1.29, 1.82) is 0 Å². The van der Waals surface area contributed by atoms with Crippen LogP contribution in [0.15, 0.2) is 29.0 Å². The van der Waals surface area contributed by atoms with Gasteiger partial charge in [0.15, 0.2) is 11.6 Å². The zero-order valence-electron chi connectivity index (χ0n) is 10.2. The van der Waals surface area contributed by atoms with Crippen LogP contribution in [0.2, 0.25) is 0 Å². The normalized spacial score (nSPS) is 10.3. The molecule has 0 saturated heterocycles. The van der Waals surface area contributed by atoms with Crippen molar-refractivity contribution in [2.24, 2.45) is 0 Å². The van der Waals surface area contributed by atoms with E-state index in [1.807, 2.05) is 10.8 Å². The van der Waals surface area contributed by atoms with Crippen molar-refractivity contribution in [3.63, 3.8) is 0 Å². The molecule has 0 saturated carbocycles. The average Bonchev–Trinajstić information content (AvgIpc) is 2.92. The predicted molar refractivity (Wildman–Crippen MR) is 67.7 cm³/mol. The number of halogens is 3. The van der Waals surface area contributed by atoms with E-state index in [9.17, 15) is 18.0 Å². The number of amides is 1. The summed E-state index contributed by atoms with van der Waals surface area (Å²) in [4.78, 5) is 11.4. The molecular weight excluding hydrogens is 291 g/mol. The molecule has 0 unspecified atom stereocenters. The van der Waals surface area contributed by atoms with Crippen LogP contribution < -0.4 is 5.32 Å². The largest absolute Gasteiger partial charge is 0.445 e. The van der Waals surface area contributed by atoms with E-state index in [-0.39, 0.29) is 18.7 Å². The number of carbonyl (C=O) groups is 1. The van der Waals surface area contributed by atoms with Gasteiger partial charge in [-0.25, -0.2) is 18.0 Å². The summed E-state index contributed by atoms with van der Waals surface area (Å²) >= 11 is 1.47. The summed E-state index contributed by atoms with van der Waals surface area (Å²) in [6.45, 7) is -0.193. The lowest BCUT2D eigenvalue weighted by molar-refractivity contribution is 0.139. The zero-order chi connectivity index (χ0) is 14.5. The quantitative estimate of drug-likeness (QED) is 0.876. The molecular formula is C13H10F3NO2S. The molecule has 0 aliphatic carbocycles. The molecule has 0 aliphatic heterocycles. The van der Waals surface area contributed by atoms with Gasteiger partial charge in [0.2, 0.25) is 0 Å². The van der Waals surface area contributed by atoms with Crippen LogP contribution >= 0.6 is 11.3 Å². The number of carbonyl (C=O) groups excluding carboxylic acids is 1. The Balaban J connectivity index is 1.85. The molecule has 0 aliphatic rings. The van der Waals surface area contributed by atoms with Gasteiger partial charge in [-0.3, -0.25) is 0 Å². The highest BCUT2D eigenvalue weighted by molar-refractivity contribution is 7.07. The summed E-state index contributed by atoms with van der Waals surface area (Å²) in [6.07, 6.45) is -0.764. The van der Waals surface area contributed by atoms with E-state index in [1.54, 1.807) is 6.07 Å². The van der Waals surface area contributed by atoms with Gasteiger partial charge in [-0.1, -0.05) is 0 Å². The molecule has 20 heavy (non-hydrogen) atoms. The van der Waals surface area contributed by atoms with Gasteiger partial charge in [-0.15, -0.1) is 0 Å². The van der Waals surface area contributed by atoms with Crippen molar-refractivity contribution < 1.29 is 22.7 Å². The Kier molecular flexibility index (Phi) is 4.62. The molecule has 0 spiro atoms. The third kappa shape index (κ3) is 3.74. The fraction of sp³-hybridized carbons (Fsp3) is 0.154. The molecule has 0 atom stereocenters. The number of alkyl carbamates (subject to hydrolysis) is 1. The SMILES string of the molecule is O=C(NCc1cc(F)c(F)cc1F)OCc1ccsc1. The molecule has 1 heterocycles. The smallest absolute Gasteiger partial charge is 0.407 e. The van der Waals surface area contributed by atoms with Gasteiger partial charge in [0.25, 0.3) is 0 Å². The van der Waals surface area contributed by atoms with Gasteiger partial charge < -0.3 is 10.1 Å². The molecule has 3 nitrogen and oxygen atoms in total. The van der Waals surface area contributed by atoms with Gasteiger partial charge in [-0.2, -0.15) is 11.3 Å². The zero-order valence-corrected chi connectivity index (χ0v) is 11.0. The Labute approximate surface area is 117 Å². The standard InChI is InChI=1S/C13H10F3NO2S/c14-10-4-12(16)11(15)3-9(10)5-17-13(18)19-6-8-1-2-20-7-8/h1-4,7H,5-6H2,(H,17,18). The minimum Gasteiger partial charge on any atom is -0.445 e. The lowest BCUT2D eigenvalue weighted by atomic mass is 10.2. The molecule has 0 radical (unpaired) electrons. The number of thiophene rings is 1. The van der Waals surface area contributed by atoms with Crippen LogP contribution in [0.1, 0.15) is 11.1 Å². The molecule has 106 valence electrons. The van der Waals surface area contributed by atoms with E-state index in [2.05, 4.69) is 5.32 Å². The van der Waals surface area contributed by atoms with E-state index >= 15 is 0 Å². The first-order valence-corrected chi connectivity index (χ1v) is 6.55. The second kappa shape index (κ2) is 6.42. The highest BCUT2D eigenvalue weighted by Gasteiger charge is 2.11. The molecule has 1 amide bonds. The van der Waals surface area contributed by atoms with Crippen LogP contribution in [-0.4, -0.2) is 6.09 Å². The number of nitrogens with one attached hydrogen (secondary N) is 1. The maximum Gasteiger partial charge on any atom is 0.407 e. The maximum atomic E-state index is 13.3. The molecule has 0 fully saturated rings. The van der Waals surface area contributed by atoms with Crippen LogP contribution in [0.25, 0.3) is 0 Å². The summed E-state index contributed by atoms with van der Waals surface area (Å²) in [7, 11) is 0. The summed E-state index contributed by atoms with van der Waals surface area (Å²) < 4.78 is 43.8. The van der Waals surface area contributed by atoms with E-state index < -0.39 is 23.5 Å². The second-order valence-electron chi connectivity index (χ2n) is 3.92. The van der Waals surface area contributed by atoms with Gasteiger partial charge in [0, 0.05) is 23.7 Å². The highest BCUT2D eigenvalue weighted by atomic mass is 32.1. The second-order valence-corrected chi connectivity index (χ2v) is 4.70. The lowest BCUT2D eigenvalue weighted by Gasteiger charge is -2.07. The van der Waals surface area contributed by atoms with E-state index in [0.717, 1.165) is 5.56 Å². The molecule has 1 aromatic heterocycles. The van der Waals surface area contributed by atoms with Crippen molar-refractivity contribution in [2.75, 3.05) is 0 Å². The maximum absolute atomic E-state index is 13.3. The molecule has 0 bridgehead atoms. The monoisotopic (exact) mass is 301 g/mol. The number of rotatable bonds is 4. The summed E-state index contributed by atoms with van der Waals surface area (Å²) in [5.41, 5.74) is 0.681. The first-order chi connectivity index (χ1) is 9.56. The Bertz CT molecular complexity index is 602. The molecule has 1 N–H and O–H groups in total. The van der Waals surface area contributed by atoms with E-state index in [0.29, 0.717) is 12.1 Å². The van der Waals surface area contributed by atoms with Crippen molar-refractivity contribution in [3.05, 3.63) is 57.5 Å². The van der Waals surface area contributed by atoms with Crippen molar-refractivity contribution in [3.8, 4) is 0 Å². The highest BCUT2D eigenvalue weighted by Crippen LogP contribution is 2.13. The third-order valence-corrected chi connectivity index (χ3v) is 3.19. The van der Waals surface area contributed by atoms with E-state index in [1.165, 1.54) is 11.3 Å². The lowest BCUT2D eigenvalue weighted by Crippen LogP contribution is -2.24. The molecule has 1 aromatic carbocycles. The third-order valence-electron chi connectivity index (χ3n) is 2.46. The fourth-order valence-electron chi connectivity index (χ4n) is 1.44. The van der Waals surface area contributed by atoms with Crippen molar-refractivity contribution >= 4 is 17.4 Å². The molecule has 2 aromatic rings. The Morgan fingerprint density at radius 3 is 2.65 bits per heavy atom. The van der Waals surface area contributed by atoms with Gasteiger partial charge >= 0.3 is 6.09 Å². The molecule has 2 rings (SSSR count). The van der Waals surface area contributed by atoms with Gasteiger partial charge in [0.05, 0.1) is 0 Å². The summed E-state index contributed by atoms with van der Waals surface area (Å²) in [6, 6.07) is 2.93. The van der Waals surface area contributed by atoms with Crippen LogP contribution in [0.4, 0.5) is 18.0 Å². The Hall–Kier alpha value is -2.02. The first kappa shape index (κ1) is 14.4. The summed E-state index contributed by atoms with van der Waals surface area (Å²) in [5.74, 6) is -3.37. The van der Waals surface area contributed by atoms with Crippen LogP contribution in [0.5, 0.6) is 0 Å². The van der Waals surface area contributed by atoms with Gasteiger partial charge in [-0.05, 0) is 22.9 Å².